The van der Waals surface area contributed by atoms with Crippen LogP contribution in [0.3, 0.4) is 0 Å². The highest BCUT2D eigenvalue weighted by molar-refractivity contribution is 5.41. The molecule has 0 bridgehead atoms. The van der Waals surface area contributed by atoms with Crippen LogP contribution in [-0.2, 0) is 13.0 Å². The van der Waals surface area contributed by atoms with Crippen LogP contribution in [0.1, 0.15) is 77.7 Å². The summed E-state index contributed by atoms with van der Waals surface area (Å²) in [6, 6.07) is 0. The summed E-state index contributed by atoms with van der Waals surface area (Å²) < 4.78 is 2.19. The standard InChI is InChI=1S/C17H31N3/c1-6-14-19-15(16(18)20(14)7-2)12-8-10-13(11-9-12)17(3,4)5/h12-13H,6-11,18H2,1-5H3. The smallest absolute Gasteiger partial charge is 0.127 e. The molecule has 0 amide bonds. The van der Waals surface area contributed by atoms with Gasteiger partial charge in [0.25, 0.3) is 0 Å². The van der Waals surface area contributed by atoms with Gasteiger partial charge in [-0.25, -0.2) is 4.98 Å². The van der Waals surface area contributed by atoms with Gasteiger partial charge in [0.15, 0.2) is 0 Å². The number of nitrogen functional groups attached to an aromatic ring is 1. The molecular formula is C17H31N3. The van der Waals surface area contributed by atoms with Crippen LogP contribution >= 0.6 is 0 Å². The van der Waals surface area contributed by atoms with Gasteiger partial charge in [-0.3, -0.25) is 0 Å². The van der Waals surface area contributed by atoms with Crippen molar-refractivity contribution in [2.75, 3.05) is 5.73 Å². The second kappa shape index (κ2) is 5.79. The minimum Gasteiger partial charge on any atom is -0.384 e. The number of hydrogen-bond acceptors (Lipinski definition) is 2. The van der Waals surface area contributed by atoms with Crippen LogP contribution < -0.4 is 5.73 Å². The van der Waals surface area contributed by atoms with E-state index in [1.165, 1.54) is 31.4 Å². The molecule has 1 aromatic rings. The van der Waals surface area contributed by atoms with Gasteiger partial charge in [-0.2, -0.15) is 0 Å². The summed E-state index contributed by atoms with van der Waals surface area (Å²) in [5.74, 6) is 3.49. The number of anilines is 1. The predicted octanol–water partition coefficient (Wildman–Crippen LogP) is 4.37. The molecule has 2 rings (SSSR count). The van der Waals surface area contributed by atoms with Crippen molar-refractivity contribution < 1.29 is 0 Å². The summed E-state index contributed by atoms with van der Waals surface area (Å²) in [6.45, 7) is 12.3. The van der Waals surface area contributed by atoms with Gasteiger partial charge in [-0.15, -0.1) is 0 Å². The Bertz CT molecular complexity index is 446. The summed E-state index contributed by atoms with van der Waals surface area (Å²) in [7, 11) is 0. The number of nitrogens with two attached hydrogens (primary N) is 1. The summed E-state index contributed by atoms with van der Waals surface area (Å²) in [4.78, 5) is 4.85. The normalized spacial score (nSPS) is 24.1. The molecule has 1 heterocycles. The summed E-state index contributed by atoms with van der Waals surface area (Å²) >= 11 is 0. The van der Waals surface area contributed by atoms with Crippen LogP contribution in [0.15, 0.2) is 0 Å². The molecule has 2 N–H and O–H groups in total. The fraction of sp³-hybridized carbons (Fsp3) is 0.824. The molecular weight excluding hydrogens is 246 g/mol. The van der Waals surface area contributed by atoms with Crippen LogP contribution in [0.5, 0.6) is 0 Å². The van der Waals surface area contributed by atoms with E-state index < -0.39 is 0 Å². The van der Waals surface area contributed by atoms with Crippen molar-refractivity contribution in [3.05, 3.63) is 11.5 Å². The third kappa shape index (κ3) is 2.87. The first-order valence-corrected chi connectivity index (χ1v) is 8.23. The maximum atomic E-state index is 6.34. The van der Waals surface area contributed by atoms with E-state index in [0.29, 0.717) is 11.3 Å². The highest BCUT2D eigenvalue weighted by atomic mass is 15.1. The first kappa shape index (κ1) is 15.4. The van der Waals surface area contributed by atoms with E-state index in [2.05, 4.69) is 39.2 Å². The molecule has 3 nitrogen and oxygen atoms in total. The van der Waals surface area contributed by atoms with Crippen molar-refractivity contribution >= 4 is 5.82 Å². The molecule has 0 radical (unpaired) electrons. The Balaban J connectivity index is 2.13. The molecule has 0 aliphatic heterocycles. The summed E-state index contributed by atoms with van der Waals surface area (Å²) in [6.07, 6.45) is 6.09. The minimum absolute atomic E-state index is 0.438. The van der Waals surface area contributed by atoms with Gasteiger partial charge in [0, 0.05) is 18.9 Å². The van der Waals surface area contributed by atoms with Crippen molar-refractivity contribution in [2.24, 2.45) is 11.3 Å². The minimum atomic E-state index is 0.438. The molecule has 0 spiro atoms. The van der Waals surface area contributed by atoms with Gasteiger partial charge in [-0.1, -0.05) is 27.7 Å². The molecule has 0 aromatic carbocycles. The van der Waals surface area contributed by atoms with Gasteiger partial charge >= 0.3 is 0 Å². The molecule has 1 fully saturated rings. The number of aryl methyl sites for hydroxylation is 1. The quantitative estimate of drug-likeness (QED) is 0.891. The number of nitrogens with zero attached hydrogens (tertiary/aromatic N) is 2. The van der Waals surface area contributed by atoms with Crippen molar-refractivity contribution in [3.63, 3.8) is 0 Å². The van der Waals surface area contributed by atoms with E-state index in [0.717, 1.165) is 30.5 Å². The van der Waals surface area contributed by atoms with Gasteiger partial charge in [0.05, 0.1) is 5.69 Å². The van der Waals surface area contributed by atoms with E-state index >= 15 is 0 Å². The van der Waals surface area contributed by atoms with Crippen LogP contribution in [0, 0.1) is 11.3 Å². The average Bonchev–Trinajstić information content (AvgIpc) is 2.74. The van der Waals surface area contributed by atoms with E-state index in [4.69, 9.17) is 10.7 Å². The zero-order valence-corrected chi connectivity index (χ0v) is 13.9. The lowest BCUT2D eigenvalue weighted by Crippen LogP contribution is -2.25. The fourth-order valence-electron chi connectivity index (χ4n) is 3.69. The molecule has 1 aromatic heterocycles. The second-order valence-corrected chi connectivity index (χ2v) is 7.31. The molecule has 20 heavy (non-hydrogen) atoms. The Morgan fingerprint density at radius 3 is 2.15 bits per heavy atom. The molecule has 114 valence electrons. The van der Waals surface area contributed by atoms with E-state index in [1.807, 2.05) is 0 Å². The van der Waals surface area contributed by atoms with Gasteiger partial charge in [-0.05, 0) is 43.9 Å². The molecule has 1 aliphatic rings. The van der Waals surface area contributed by atoms with E-state index in [-0.39, 0.29) is 0 Å². The lowest BCUT2D eigenvalue weighted by atomic mass is 9.69. The first-order chi connectivity index (χ1) is 9.38. The van der Waals surface area contributed by atoms with Crippen LogP contribution in [0.4, 0.5) is 5.82 Å². The monoisotopic (exact) mass is 277 g/mol. The molecule has 1 aliphatic carbocycles. The Morgan fingerprint density at radius 2 is 1.75 bits per heavy atom. The molecule has 0 saturated heterocycles. The van der Waals surface area contributed by atoms with E-state index in [1.54, 1.807) is 0 Å². The summed E-state index contributed by atoms with van der Waals surface area (Å²) in [5.41, 5.74) is 7.96. The topological polar surface area (TPSA) is 43.8 Å². The third-order valence-electron chi connectivity index (χ3n) is 5.09. The molecule has 3 heteroatoms. The molecule has 0 unspecified atom stereocenters. The molecule has 0 atom stereocenters. The largest absolute Gasteiger partial charge is 0.384 e. The number of hydrogen-bond donors (Lipinski definition) is 1. The van der Waals surface area contributed by atoms with Crippen molar-refractivity contribution in [1.29, 1.82) is 0 Å². The lowest BCUT2D eigenvalue weighted by molar-refractivity contribution is 0.168. The first-order valence-electron chi connectivity index (χ1n) is 8.23. The van der Waals surface area contributed by atoms with Crippen LogP contribution in [0.25, 0.3) is 0 Å². The van der Waals surface area contributed by atoms with E-state index in [9.17, 15) is 0 Å². The summed E-state index contributed by atoms with van der Waals surface area (Å²) in [5, 5.41) is 0. The zero-order valence-electron chi connectivity index (χ0n) is 13.9. The van der Waals surface area contributed by atoms with Crippen molar-refractivity contribution in [1.82, 2.24) is 9.55 Å². The highest BCUT2D eigenvalue weighted by Crippen LogP contribution is 2.44. The number of aromatic nitrogens is 2. The van der Waals surface area contributed by atoms with Gasteiger partial charge < -0.3 is 10.3 Å². The molecule has 1 saturated carbocycles. The van der Waals surface area contributed by atoms with Crippen LogP contribution in [-0.4, -0.2) is 9.55 Å². The van der Waals surface area contributed by atoms with Crippen molar-refractivity contribution in [3.8, 4) is 0 Å². The Labute approximate surface area is 124 Å². The van der Waals surface area contributed by atoms with Gasteiger partial charge in [0.2, 0.25) is 0 Å². The Kier molecular flexibility index (Phi) is 4.46. The maximum absolute atomic E-state index is 6.34. The number of rotatable bonds is 3. The average molecular weight is 277 g/mol. The van der Waals surface area contributed by atoms with Crippen LogP contribution in [0.2, 0.25) is 0 Å². The SMILES string of the molecule is CCc1nc(C2CCC(C(C)(C)C)CC2)c(N)n1CC. The Morgan fingerprint density at radius 1 is 1.15 bits per heavy atom. The Hall–Kier alpha value is -0.990. The van der Waals surface area contributed by atoms with Gasteiger partial charge in [0.1, 0.15) is 11.6 Å². The fourth-order valence-corrected chi connectivity index (χ4v) is 3.69. The van der Waals surface area contributed by atoms with Crippen molar-refractivity contribution in [2.45, 2.75) is 79.2 Å². The zero-order chi connectivity index (χ0) is 14.9. The lowest BCUT2D eigenvalue weighted by Gasteiger charge is -2.36. The second-order valence-electron chi connectivity index (χ2n) is 7.31. The third-order valence-corrected chi connectivity index (χ3v) is 5.09. The predicted molar refractivity (Wildman–Crippen MR) is 85.8 cm³/mol. The maximum Gasteiger partial charge on any atom is 0.127 e. The number of imidazole rings is 1. The highest BCUT2D eigenvalue weighted by Gasteiger charge is 2.32.